The first kappa shape index (κ1) is 17.8. The summed E-state index contributed by atoms with van der Waals surface area (Å²) in [6, 6.07) is 22.1. The van der Waals surface area contributed by atoms with Gasteiger partial charge in [-0.25, -0.2) is 0 Å². The van der Waals surface area contributed by atoms with Crippen molar-refractivity contribution in [3.05, 3.63) is 89.5 Å². The molecular weight excluding hydrogens is 354 g/mol. The number of anilines is 1. The van der Waals surface area contributed by atoms with Gasteiger partial charge in [-0.05, 0) is 36.8 Å². The van der Waals surface area contributed by atoms with Crippen LogP contribution in [0, 0.1) is 6.92 Å². The minimum atomic E-state index is -0.632. The van der Waals surface area contributed by atoms with Gasteiger partial charge in [0.15, 0.2) is 6.61 Å². The predicted octanol–water partition coefficient (Wildman–Crippen LogP) is 4.41. The van der Waals surface area contributed by atoms with Gasteiger partial charge in [0.25, 0.3) is 5.91 Å². The van der Waals surface area contributed by atoms with E-state index in [1.54, 1.807) is 6.07 Å². The lowest BCUT2D eigenvalue weighted by Crippen LogP contribution is -2.26. The quantitative estimate of drug-likeness (QED) is 0.688. The number of rotatable bonds is 4. The molecule has 1 aliphatic heterocycles. The second kappa shape index (κ2) is 7.56. The molecule has 0 radical (unpaired) electrons. The molecule has 0 saturated carbocycles. The number of esters is 1. The van der Waals surface area contributed by atoms with Crippen LogP contribution >= 0.6 is 0 Å². The van der Waals surface area contributed by atoms with Gasteiger partial charge in [-0.2, -0.15) is 0 Å². The van der Waals surface area contributed by atoms with Gasteiger partial charge in [-0.1, -0.05) is 48.5 Å². The molecule has 0 bridgehead atoms. The van der Waals surface area contributed by atoms with E-state index in [0.717, 1.165) is 16.7 Å². The van der Waals surface area contributed by atoms with E-state index in [4.69, 9.17) is 9.47 Å². The lowest BCUT2D eigenvalue weighted by molar-refractivity contribution is -0.148. The van der Waals surface area contributed by atoms with E-state index in [-0.39, 0.29) is 12.5 Å². The van der Waals surface area contributed by atoms with Crippen LogP contribution in [0.1, 0.15) is 22.6 Å². The molecule has 0 spiro atoms. The number of carbonyl (C=O) groups excluding carboxylic acids is 2. The Hall–Kier alpha value is -3.60. The van der Waals surface area contributed by atoms with Gasteiger partial charge in [0.1, 0.15) is 17.4 Å². The first-order valence-corrected chi connectivity index (χ1v) is 9.00. The molecule has 1 heterocycles. The molecule has 0 fully saturated rings. The van der Waals surface area contributed by atoms with Crippen molar-refractivity contribution in [3.63, 3.8) is 0 Å². The Morgan fingerprint density at radius 2 is 1.57 bits per heavy atom. The number of ether oxygens (including phenoxy) is 2. The van der Waals surface area contributed by atoms with Crippen molar-refractivity contribution in [3.8, 4) is 11.5 Å². The standard InChI is InChI=1S/C23H19NO4/c1-15-7-6-8-16(13-15)24-21(25)14-27-23(26)22-17-9-2-4-11-19(17)28-20-12-5-3-10-18(20)22/h2-13,22H,14H2,1H3,(H,24,25). The zero-order valence-corrected chi connectivity index (χ0v) is 15.3. The minimum absolute atomic E-state index is 0.353. The van der Waals surface area contributed by atoms with Crippen molar-refractivity contribution in [2.75, 3.05) is 11.9 Å². The van der Waals surface area contributed by atoms with Gasteiger partial charge >= 0.3 is 5.97 Å². The van der Waals surface area contributed by atoms with Crippen molar-refractivity contribution in [1.82, 2.24) is 0 Å². The number of nitrogens with one attached hydrogen (secondary N) is 1. The fraction of sp³-hybridized carbons (Fsp3) is 0.130. The smallest absolute Gasteiger partial charge is 0.318 e. The highest BCUT2D eigenvalue weighted by Gasteiger charge is 2.33. The molecule has 0 aromatic heterocycles. The number of carbonyl (C=O) groups is 2. The van der Waals surface area contributed by atoms with Gasteiger partial charge in [0, 0.05) is 16.8 Å². The molecule has 0 atom stereocenters. The second-order valence-electron chi connectivity index (χ2n) is 6.64. The van der Waals surface area contributed by atoms with Crippen LogP contribution < -0.4 is 10.1 Å². The Kier molecular flexibility index (Phi) is 4.81. The number of aryl methyl sites for hydroxylation is 1. The van der Waals surface area contributed by atoms with E-state index >= 15 is 0 Å². The van der Waals surface area contributed by atoms with E-state index in [2.05, 4.69) is 5.32 Å². The van der Waals surface area contributed by atoms with E-state index in [0.29, 0.717) is 17.2 Å². The molecule has 0 aliphatic carbocycles. The first-order valence-electron chi connectivity index (χ1n) is 9.00. The number of amides is 1. The van der Waals surface area contributed by atoms with Crippen LogP contribution in [0.5, 0.6) is 11.5 Å². The van der Waals surface area contributed by atoms with Gasteiger partial charge in [0.2, 0.25) is 0 Å². The third-order valence-electron chi connectivity index (χ3n) is 4.56. The summed E-state index contributed by atoms with van der Waals surface area (Å²) in [5.41, 5.74) is 3.16. The van der Waals surface area contributed by atoms with Crippen LogP contribution in [0.25, 0.3) is 0 Å². The topological polar surface area (TPSA) is 64.6 Å². The molecule has 0 saturated heterocycles. The summed E-state index contributed by atoms with van der Waals surface area (Å²) in [4.78, 5) is 25.1. The molecule has 1 N–H and O–H groups in total. The summed E-state index contributed by atoms with van der Waals surface area (Å²) < 4.78 is 11.2. The number of benzene rings is 3. The van der Waals surface area contributed by atoms with Crippen LogP contribution in [0.15, 0.2) is 72.8 Å². The van der Waals surface area contributed by atoms with Gasteiger partial charge in [0.05, 0.1) is 0 Å². The number of para-hydroxylation sites is 2. The highest BCUT2D eigenvalue weighted by Crippen LogP contribution is 2.44. The average Bonchev–Trinajstić information content (AvgIpc) is 2.70. The SMILES string of the molecule is Cc1cccc(NC(=O)COC(=O)C2c3ccccc3Oc3ccccc32)c1. The van der Waals surface area contributed by atoms with Crippen molar-refractivity contribution < 1.29 is 19.1 Å². The largest absolute Gasteiger partial charge is 0.457 e. The number of hydrogen-bond acceptors (Lipinski definition) is 4. The highest BCUT2D eigenvalue weighted by molar-refractivity contribution is 5.94. The molecule has 5 heteroatoms. The molecule has 5 nitrogen and oxygen atoms in total. The average molecular weight is 373 g/mol. The van der Waals surface area contributed by atoms with Gasteiger partial charge in [-0.15, -0.1) is 0 Å². The van der Waals surface area contributed by atoms with Gasteiger partial charge < -0.3 is 14.8 Å². The van der Waals surface area contributed by atoms with E-state index < -0.39 is 11.9 Å². The van der Waals surface area contributed by atoms with Crippen LogP contribution in [-0.2, 0) is 14.3 Å². The summed E-state index contributed by atoms with van der Waals surface area (Å²) in [7, 11) is 0. The normalized spacial score (nSPS) is 12.3. The van der Waals surface area contributed by atoms with Crippen LogP contribution in [0.2, 0.25) is 0 Å². The molecule has 1 aliphatic rings. The Labute approximate surface area is 162 Å². The first-order chi connectivity index (χ1) is 13.6. The molecule has 4 rings (SSSR count). The van der Waals surface area contributed by atoms with Gasteiger partial charge in [-0.3, -0.25) is 9.59 Å². The van der Waals surface area contributed by atoms with E-state index in [1.165, 1.54) is 0 Å². The third-order valence-corrected chi connectivity index (χ3v) is 4.56. The lowest BCUT2D eigenvalue weighted by atomic mass is 9.88. The minimum Gasteiger partial charge on any atom is -0.457 e. The summed E-state index contributed by atoms with van der Waals surface area (Å²) in [5, 5.41) is 2.74. The monoisotopic (exact) mass is 373 g/mol. The lowest BCUT2D eigenvalue weighted by Gasteiger charge is -2.26. The molecule has 140 valence electrons. The summed E-state index contributed by atoms with van der Waals surface area (Å²) >= 11 is 0. The Morgan fingerprint density at radius 1 is 0.929 bits per heavy atom. The fourth-order valence-electron chi connectivity index (χ4n) is 3.30. The van der Waals surface area contributed by atoms with Crippen LogP contribution in [-0.4, -0.2) is 18.5 Å². The van der Waals surface area contributed by atoms with Crippen LogP contribution in [0.3, 0.4) is 0 Å². The highest BCUT2D eigenvalue weighted by atomic mass is 16.5. The maximum Gasteiger partial charge on any atom is 0.318 e. The van der Waals surface area contributed by atoms with Crippen molar-refractivity contribution in [2.24, 2.45) is 0 Å². The zero-order valence-electron chi connectivity index (χ0n) is 15.3. The molecule has 28 heavy (non-hydrogen) atoms. The summed E-state index contributed by atoms with van der Waals surface area (Å²) in [6.07, 6.45) is 0. The Morgan fingerprint density at radius 3 is 2.21 bits per heavy atom. The predicted molar refractivity (Wildman–Crippen MR) is 106 cm³/mol. The fourth-order valence-corrected chi connectivity index (χ4v) is 3.30. The molecule has 1 amide bonds. The maximum atomic E-state index is 12.9. The molecule has 3 aromatic carbocycles. The van der Waals surface area contributed by atoms with Crippen molar-refractivity contribution in [1.29, 1.82) is 0 Å². The number of hydrogen-bond donors (Lipinski definition) is 1. The van der Waals surface area contributed by atoms with Crippen molar-refractivity contribution in [2.45, 2.75) is 12.8 Å². The Balaban J connectivity index is 1.50. The number of fused-ring (bicyclic) bond motifs is 2. The molecular formula is C23H19NO4. The van der Waals surface area contributed by atoms with Crippen LogP contribution in [0.4, 0.5) is 5.69 Å². The summed E-state index contributed by atoms with van der Waals surface area (Å²) in [6.45, 7) is 1.59. The zero-order chi connectivity index (χ0) is 19.5. The van der Waals surface area contributed by atoms with E-state index in [9.17, 15) is 9.59 Å². The second-order valence-corrected chi connectivity index (χ2v) is 6.64. The third kappa shape index (κ3) is 3.60. The summed E-state index contributed by atoms with van der Waals surface area (Å²) in [5.74, 6) is -0.261. The van der Waals surface area contributed by atoms with E-state index in [1.807, 2.05) is 73.7 Å². The molecule has 3 aromatic rings. The molecule has 0 unspecified atom stereocenters. The Bertz CT molecular complexity index is 999. The van der Waals surface area contributed by atoms with Crippen molar-refractivity contribution >= 4 is 17.6 Å². The maximum absolute atomic E-state index is 12.9.